The second-order valence-corrected chi connectivity index (χ2v) is 11.7. The minimum atomic E-state index is -0.255. The van der Waals surface area contributed by atoms with Gasteiger partial charge in [-0.3, -0.25) is 19.4 Å². The van der Waals surface area contributed by atoms with Crippen LogP contribution in [0.5, 0.6) is 0 Å². The average molecular weight is 589 g/mol. The molecule has 3 aliphatic heterocycles. The zero-order valence-electron chi connectivity index (χ0n) is 22.3. The van der Waals surface area contributed by atoms with E-state index in [4.69, 9.17) is 11.6 Å². The van der Waals surface area contributed by atoms with Crippen LogP contribution in [-0.4, -0.2) is 76.4 Å². The number of pyridine rings is 1. The number of piperazine rings is 1. The molecule has 2 aromatic carbocycles. The summed E-state index contributed by atoms with van der Waals surface area (Å²) >= 11 is 7.67. The molecule has 3 amide bonds. The summed E-state index contributed by atoms with van der Waals surface area (Å²) in [6.07, 6.45) is 5.92. The first kappa shape index (κ1) is 27.4. The number of likely N-dealkylation sites (tertiary alicyclic amines) is 1. The Morgan fingerprint density at radius 3 is 2.83 bits per heavy atom. The number of nitrogens with one attached hydrogen (secondary N) is 2. The number of carbonyl (C=O) groups is 3. The van der Waals surface area contributed by atoms with Crippen LogP contribution < -0.4 is 10.6 Å². The molecule has 1 unspecified atom stereocenters. The van der Waals surface area contributed by atoms with E-state index in [1.807, 2.05) is 41.3 Å². The number of nitrogens with zero attached hydrogens (tertiary/aromatic N) is 4. The number of carbonyl (C=O) groups excluding carboxylic acids is 3. The second-order valence-electron chi connectivity index (χ2n) is 10.3. The molecule has 0 spiro atoms. The van der Waals surface area contributed by atoms with Crippen molar-refractivity contribution in [1.29, 1.82) is 0 Å². The van der Waals surface area contributed by atoms with Crippen molar-refractivity contribution in [1.82, 2.24) is 25.4 Å². The van der Waals surface area contributed by atoms with Gasteiger partial charge in [-0.15, -0.1) is 0 Å². The van der Waals surface area contributed by atoms with E-state index in [9.17, 15) is 14.4 Å². The molecule has 4 heterocycles. The normalized spacial score (nSPS) is 21.2. The van der Waals surface area contributed by atoms with E-state index in [2.05, 4.69) is 20.6 Å². The van der Waals surface area contributed by atoms with Crippen LogP contribution in [0.3, 0.4) is 0 Å². The van der Waals surface area contributed by atoms with Crippen LogP contribution in [0.15, 0.2) is 64.6 Å². The van der Waals surface area contributed by atoms with Gasteiger partial charge in [0.25, 0.3) is 11.8 Å². The highest BCUT2D eigenvalue weighted by Crippen LogP contribution is 2.32. The van der Waals surface area contributed by atoms with Crippen LogP contribution >= 0.6 is 23.4 Å². The summed E-state index contributed by atoms with van der Waals surface area (Å²) in [6, 6.07) is 14.4. The van der Waals surface area contributed by atoms with Gasteiger partial charge in [0, 0.05) is 56.3 Å². The van der Waals surface area contributed by atoms with Crippen LogP contribution in [0.4, 0.5) is 5.69 Å². The molecule has 0 bridgehead atoms. The smallest absolute Gasteiger partial charge is 0.264 e. The Balaban J connectivity index is 1.19. The first-order valence-corrected chi connectivity index (χ1v) is 14.9. The number of benzene rings is 2. The Labute approximate surface area is 247 Å². The Bertz CT molecular complexity index is 1590. The molecule has 11 heteroatoms. The monoisotopic (exact) mass is 588 g/mol. The first-order chi connectivity index (χ1) is 19.9. The lowest BCUT2D eigenvalue weighted by Crippen LogP contribution is -2.55. The zero-order valence-corrected chi connectivity index (χ0v) is 23.9. The van der Waals surface area contributed by atoms with Crippen LogP contribution in [-0.2, 0) is 9.59 Å². The molecule has 0 radical (unpaired) electrons. The van der Waals surface area contributed by atoms with Crippen molar-refractivity contribution in [3.8, 4) is 0 Å². The number of aliphatic imine (C=N–C) groups is 1. The maximum absolute atomic E-state index is 13.6. The number of hydrogen-bond donors (Lipinski definition) is 2. The van der Waals surface area contributed by atoms with E-state index in [1.165, 1.54) is 11.8 Å². The van der Waals surface area contributed by atoms with Gasteiger partial charge in [-0.25, -0.2) is 4.99 Å². The summed E-state index contributed by atoms with van der Waals surface area (Å²) in [5.74, 6) is -0.330. The van der Waals surface area contributed by atoms with E-state index in [-0.39, 0.29) is 23.8 Å². The third kappa shape index (κ3) is 6.14. The summed E-state index contributed by atoms with van der Waals surface area (Å²) in [7, 11) is 0. The number of hydrogen-bond acceptors (Lipinski definition) is 7. The number of fused-ring (bicyclic) bond motifs is 1. The molecule has 0 saturated carbocycles. The lowest BCUT2D eigenvalue weighted by Gasteiger charge is -2.36. The molecular formula is C30H29ClN6O3S. The van der Waals surface area contributed by atoms with Gasteiger partial charge in [0.05, 0.1) is 27.2 Å². The summed E-state index contributed by atoms with van der Waals surface area (Å²) in [5.41, 5.74) is 2.58. The Morgan fingerprint density at radius 2 is 1.98 bits per heavy atom. The first-order valence-electron chi connectivity index (χ1n) is 13.7. The highest BCUT2D eigenvalue weighted by molar-refractivity contribution is 8.18. The van der Waals surface area contributed by atoms with Gasteiger partial charge in [-0.2, -0.15) is 0 Å². The highest BCUT2D eigenvalue weighted by atomic mass is 35.5. The Hall–Kier alpha value is -3.73. The lowest BCUT2D eigenvalue weighted by atomic mass is 10.1. The largest absolute Gasteiger partial charge is 0.343 e. The minimum absolute atomic E-state index is 0.0930. The Kier molecular flexibility index (Phi) is 8.04. The maximum atomic E-state index is 13.6. The van der Waals surface area contributed by atoms with Crippen molar-refractivity contribution in [3.05, 3.63) is 75.8 Å². The van der Waals surface area contributed by atoms with E-state index in [1.54, 1.807) is 29.3 Å². The molecular weight excluding hydrogens is 560 g/mol. The molecule has 3 fully saturated rings. The summed E-state index contributed by atoms with van der Waals surface area (Å²) in [6.45, 7) is 3.32. The van der Waals surface area contributed by atoms with E-state index < -0.39 is 0 Å². The quantitative estimate of drug-likeness (QED) is 0.433. The predicted octanol–water partition coefficient (Wildman–Crippen LogP) is 4.21. The molecule has 41 heavy (non-hydrogen) atoms. The third-order valence-electron chi connectivity index (χ3n) is 7.47. The maximum Gasteiger partial charge on any atom is 0.264 e. The fourth-order valence-corrected chi connectivity index (χ4v) is 6.32. The summed E-state index contributed by atoms with van der Waals surface area (Å²) < 4.78 is 0. The van der Waals surface area contributed by atoms with E-state index in [0.29, 0.717) is 52.4 Å². The minimum Gasteiger partial charge on any atom is -0.343 e. The number of rotatable bonds is 5. The van der Waals surface area contributed by atoms with Gasteiger partial charge in [-0.05, 0) is 72.6 Å². The van der Waals surface area contributed by atoms with Gasteiger partial charge in [0.1, 0.15) is 0 Å². The van der Waals surface area contributed by atoms with Crippen LogP contribution in [0, 0.1) is 0 Å². The molecule has 3 saturated heterocycles. The van der Waals surface area contributed by atoms with E-state index in [0.717, 1.165) is 42.4 Å². The van der Waals surface area contributed by atoms with Gasteiger partial charge in [-0.1, -0.05) is 23.7 Å². The number of aromatic nitrogens is 1. The topological polar surface area (TPSA) is 107 Å². The SMILES string of the molecule is O=C1NC(=Nc2cc(C(=O)N3CCNCC3CC(=O)N3CCCC3)ccc2Cl)S/C1=C\c1ccc2ncccc2c1. The van der Waals surface area contributed by atoms with Crippen molar-refractivity contribution >= 4 is 68.9 Å². The van der Waals surface area contributed by atoms with Crippen molar-refractivity contribution in [2.45, 2.75) is 25.3 Å². The summed E-state index contributed by atoms with van der Waals surface area (Å²) in [4.78, 5) is 52.2. The van der Waals surface area contributed by atoms with Gasteiger partial charge < -0.3 is 20.4 Å². The third-order valence-corrected chi connectivity index (χ3v) is 8.70. The van der Waals surface area contributed by atoms with Crippen molar-refractivity contribution < 1.29 is 14.4 Å². The van der Waals surface area contributed by atoms with Crippen molar-refractivity contribution in [3.63, 3.8) is 0 Å². The number of amidine groups is 1. The number of amides is 3. The molecule has 1 aromatic heterocycles. The molecule has 3 aliphatic rings. The van der Waals surface area contributed by atoms with Gasteiger partial charge >= 0.3 is 0 Å². The number of thioether (sulfide) groups is 1. The zero-order chi connectivity index (χ0) is 28.3. The van der Waals surface area contributed by atoms with Crippen molar-refractivity contribution in [2.75, 3.05) is 32.7 Å². The fourth-order valence-electron chi connectivity index (χ4n) is 5.33. The second kappa shape index (κ2) is 12.0. The fraction of sp³-hybridized carbons (Fsp3) is 0.300. The number of halogens is 1. The molecule has 6 rings (SSSR count). The highest BCUT2D eigenvalue weighted by Gasteiger charge is 2.31. The average Bonchev–Trinajstić information content (AvgIpc) is 3.64. The van der Waals surface area contributed by atoms with Crippen LogP contribution in [0.25, 0.3) is 17.0 Å². The van der Waals surface area contributed by atoms with E-state index >= 15 is 0 Å². The van der Waals surface area contributed by atoms with Gasteiger partial charge in [0.2, 0.25) is 5.91 Å². The van der Waals surface area contributed by atoms with Crippen molar-refractivity contribution in [2.24, 2.45) is 4.99 Å². The molecule has 2 N–H and O–H groups in total. The molecule has 3 aromatic rings. The predicted molar refractivity (Wildman–Crippen MR) is 162 cm³/mol. The van der Waals surface area contributed by atoms with Crippen LogP contribution in [0.1, 0.15) is 35.2 Å². The molecule has 0 aliphatic carbocycles. The standard InChI is InChI=1S/C30H29ClN6O3S/c31-23-7-6-21(29(40)37-13-10-32-18-22(37)17-27(38)36-11-1-2-12-36)16-25(23)34-30-35-28(39)26(41-30)15-19-5-8-24-20(14-19)4-3-9-33-24/h3-9,14-16,22,32H,1-2,10-13,17-18H2,(H,34,35,39)/b26-15-. The molecule has 9 nitrogen and oxygen atoms in total. The summed E-state index contributed by atoms with van der Waals surface area (Å²) in [5, 5.41) is 7.84. The molecule has 210 valence electrons. The lowest BCUT2D eigenvalue weighted by molar-refractivity contribution is -0.131. The van der Waals surface area contributed by atoms with Gasteiger partial charge in [0.15, 0.2) is 5.17 Å². The molecule has 1 atom stereocenters. The van der Waals surface area contributed by atoms with Crippen LogP contribution in [0.2, 0.25) is 5.02 Å². The Morgan fingerprint density at radius 1 is 1.12 bits per heavy atom.